The van der Waals surface area contributed by atoms with Crippen molar-refractivity contribution < 1.29 is 14.3 Å². The van der Waals surface area contributed by atoms with E-state index in [4.69, 9.17) is 10.00 Å². The first-order chi connectivity index (χ1) is 12.9. The number of hydrogen-bond acceptors (Lipinski definition) is 6. The Bertz CT molecular complexity index is 929. The van der Waals surface area contributed by atoms with E-state index < -0.39 is 18.5 Å². The highest BCUT2D eigenvalue weighted by molar-refractivity contribution is 7.99. The van der Waals surface area contributed by atoms with E-state index in [0.717, 1.165) is 23.7 Å². The normalized spacial score (nSPS) is 10.1. The van der Waals surface area contributed by atoms with Gasteiger partial charge in [0, 0.05) is 11.8 Å². The van der Waals surface area contributed by atoms with Crippen molar-refractivity contribution in [3.63, 3.8) is 0 Å². The first kappa shape index (κ1) is 20.3. The third-order valence-corrected chi connectivity index (χ3v) is 4.64. The fraction of sp³-hybridized carbons (Fsp3) is 0.263. The Labute approximate surface area is 160 Å². The first-order valence-corrected chi connectivity index (χ1v) is 9.22. The molecule has 0 aliphatic heterocycles. The minimum absolute atomic E-state index is 0.132. The lowest BCUT2D eigenvalue weighted by Gasteiger charge is -2.08. The average Bonchev–Trinajstić information content (AvgIpc) is 2.65. The van der Waals surface area contributed by atoms with Crippen LogP contribution in [0.1, 0.15) is 23.6 Å². The molecule has 0 aliphatic carbocycles. The molecule has 0 unspecified atom stereocenters. The van der Waals surface area contributed by atoms with Gasteiger partial charge in [-0.05, 0) is 36.6 Å². The molecule has 0 fully saturated rings. The van der Waals surface area contributed by atoms with Gasteiger partial charge in [-0.3, -0.25) is 14.4 Å². The van der Waals surface area contributed by atoms with Crippen molar-refractivity contribution in [2.24, 2.45) is 0 Å². The van der Waals surface area contributed by atoms with E-state index >= 15 is 0 Å². The van der Waals surface area contributed by atoms with E-state index in [1.54, 1.807) is 19.1 Å². The molecule has 8 heteroatoms. The van der Waals surface area contributed by atoms with Crippen molar-refractivity contribution in [3.05, 3.63) is 57.4 Å². The molecule has 27 heavy (non-hydrogen) atoms. The molecular formula is C19H19N3O4S. The van der Waals surface area contributed by atoms with E-state index in [1.807, 2.05) is 25.1 Å². The van der Waals surface area contributed by atoms with Gasteiger partial charge in [-0.1, -0.05) is 30.8 Å². The number of esters is 1. The Kier molecular flexibility index (Phi) is 7.20. The molecule has 0 spiro atoms. The molecule has 140 valence electrons. The molecule has 2 N–H and O–H groups in total. The number of ether oxygens (including phenoxy) is 1. The van der Waals surface area contributed by atoms with Gasteiger partial charge in [0.15, 0.2) is 6.61 Å². The minimum atomic E-state index is -0.622. The number of carbonyl (C=O) groups is 2. The predicted molar refractivity (Wildman–Crippen MR) is 103 cm³/mol. The first-order valence-electron chi connectivity index (χ1n) is 8.24. The summed E-state index contributed by atoms with van der Waals surface area (Å²) in [4.78, 5) is 37.7. The lowest BCUT2D eigenvalue weighted by Crippen LogP contribution is -2.21. The number of aromatic amines is 1. The van der Waals surface area contributed by atoms with Crippen LogP contribution in [0, 0.1) is 18.3 Å². The monoisotopic (exact) mass is 385 g/mol. The van der Waals surface area contributed by atoms with Gasteiger partial charge in [-0.25, -0.2) is 0 Å². The number of H-pyrrole nitrogens is 1. The van der Waals surface area contributed by atoms with Crippen LogP contribution in [0.15, 0.2) is 40.2 Å². The maximum Gasteiger partial charge on any atom is 0.316 e. The van der Waals surface area contributed by atoms with Crippen molar-refractivity contribution in [3.8, 4) is 6.07 Å². The number of rotatable bonds is 7. The Balaban J connectivity index is 1.83. The lowest BCUT2D eigenvalue weighted by atomic mass is 10.1. The van der Waals surface area contributed by atoms with Crippen molar-refractivity contribution in [1.82, 2.24) is 4.98 Å². The maximum atomic E-state index is 11.8. The quantitative estimate of drug-likeness (QED) is 0.559. The van der Waals surface area contributed by atoms with Crippen molar-refractivity contribution >= 4 is 29.3 Å². The van der Waals surface area contributed by atoms with Crippen LogP contribution >= 0.6 is 11.8 Å². The number of nitrogens with zero attached hydrogens (tertiary/aromatic N) is 1. The zero-order valence-electron chi connectivity index (χ0n) is 15.0. The second-order valence-corrected chi connectivity index (χ2v) is 6.67. The maximum absolute atomic E-state index is 11.8. The fourth-order valence-electron chi connectivity index (χ4n) is 2.25. The van der Waals surface area contributed by atoms with Crippen LogP contribution in [-0.2, 0) is 20.7 Å². The third-order valence-electron chi connectivity index (χ3n) is 3.66. The summed E-state index contributed by atoms with van der Waals surface area (Å²) in [5, 5.41) is 12.1. The highest BCUT2D eigenvalue weighted by Crippen LogP contribution is 2.20. The number of aryl methyl sites for hydroxylation is 2. The standard InChI is InChI=1S/C19H19N3O4S/c1-3-13-4-6-14(7-5-13)21-17(24)10-26-18(25)11-27-19-15(9-20)12(2)8-16(23)22-19/h4-8H,3,10-11H2,1-2H3,(H,21,24)(H,22,23). The molecule has 0 aliphatic rings. The summed E-state index contributed by atoms with van der Waals surface area (Å²) in [5.74, 6) is -1.20. The number of pyridine rings is 1. The fourth-order valence-corrected chi connectivity index (χ4v) is 3.11. The topological polar surface area (TPSA) is 112 Å². The zero-order valence-corrected chi connectivity index (χ0v) is 15.8. The van der Waals surface area contributed by atoms with E-state index in [2.05, 4.69) is 10.3 Å². The smallest absolute Gasteiger partial charge is 0.316 e. The molecule has 1 aromatic heterocycles. The number of benzene rings is 1. The Morgan fingerprint density at radius 3 is 2.63 bits per heavy atom. The number of hydrogen-bond donors (Lipinski definition) is 2. The van der Waals surface area contributed by atoms with Gasteiger partial charge in [0.05, 0.1) is 16.3 Å². The highest BCUT2D eigenvalue weighted by atomic mass is 32.2. The van der Waals surface area contributed by atoms with Gasteiger partial charge >= 0.3 is 5.97 Å². The molecule has 0 saturated carbocycles. The number of nitriles is 1. The molecule has 1 amide bonds. The Hall–Kier alpha value is -3.05. The van der Waals surface area contributed by atoms with E-state index in [-0.39, 0.29) is 11.3 Å². The van der Waals surface area contributed by atoms with Gasteiger partial charge in [-0.15, -0.1) is 0 Å². The molecule has 0 bridgehead atoms. The minimum Gasteiger partial charge on any atom is -0.455 e. The SMILES string of the molecule is CCc1ccc(NC(=O)COC(=O)CSc2[nH]c(=O)cc(C)c2C#N)cc1. The number of thioether (sulfide) groups is 1. The van der Waals surface area contributed by atoms with E-state index in [9.17, 15) is 14.4 Å². The van der Waals surface area contributed by atoms with Crippen LogP contribution in [0.4, 0.5) is 5.69 Å². The number of anilines is 1. The van der Waals surface area contributed by atoms with Gasteiger partial charge < -0.3 is 15.0 Å². The van der Waals surface area contributed by atoms with Crippen molar-refractivity contribution in [1.29, 1.82) is 5.26 Å². The molecule has 0 saturated heterocycles. The van der Waals surface area contributed by atoms with Gasteiger partial charge in [0.2, 0.25) is 5.56 Å². The second-order valence-electron chi connectivity index (χ2n) is 5.68. The largest absolute Gasteiger partial charge is 0.455 e. The van der Waals surface area contributed by atoms with Crippen molar-refractivity contribution in [2.45, 2.75) is 25.3 Å². The molecule has 2 rings (SSSR count). The van der Waals surface area contributed by atoms with Crippen LogP contribution in [-0.4, -0.2) is 29.2 Å². The molecule has 0 radical (unpaired) electrons. The summed E-state index contributed by atoms with van der Waals surface area (Å²) in [6.07, 6.45) is 0.906. The van der Waals surface area contributed by atoms with E-state index in [0.29, 0.717) is 21.8 Å². The summed E-state index contributed by atoms with van der Waals surface area (Å²) in [7, 11) is 0. The highest BCUT2D eigenvalue weighted by Gasteiger charge is 2.13. The summed E-state index contributed by atoms with van der Waals surface area (Å²) in [6, 6.07) is 10.7. The zero-order chi connectivity index (χ0) is 19.8. The Morgan fingerprint density at radius 2 is 2.00 bits per heavy atom. The summed E-state index contributed by atoms with van der Waals surface area (Å²) >= 11 is 0.983. The van der Waals surface area contributed by atoms with Crippen LogP contribution in [0.2, 0.25) is 0 Å². The van der Waals surface area contributed by atoms with E-state index in [1.165, 1.54) is 6.07 Å². The van der Waals surface area contributed by atoms with Crippen LogP contribution in [0.25, 0.3) is 0 Å². The number of carbonyl (C=O) groups excluding carboxylic acids is 2. The predicted octanol–water partition coefficient (Wildman–Crippen LogP) is 2.39. The molecule has 1 heterocycles. The Morgan fingerprint density at radius 1 is 1.30 bits per heavy atom. The molecule has 1 aromatic carbocycles. The molecule has 2 aromatic rings. The molecule has 7 nitrogen and oxygen atoms in total. The van der Waals surface area contributed by atoms with Gasteiger partial charge in [0.25, 0.3) is 5.91 Å². The number of aromatic nitrogens is 1. The second kappa shape index (κ2) is 9.59. The molecular weight excluding hydrogens is 366 g/mol. The summed E-state index contributed by atoms with van der Waals surface area (Å²) in [5.41, 5.74) is 2.27. The number of amides is 1. The third kappa shape index (κ3) is 6.01. The average molecular weight is 385 g/mol. The van der Waals surface area contributed by atoms with Gasteiger partial charge in [-0.2, -0.15) is 5.26 Å². The van der Waals surface area contributed by atoms with Crippen molar-refractivity contribution in [2.75, 3.05) is 17.7 Å². The summed E-state index contributed by atoms with van der Waals surface area (Å²) in [6.45, 7) is 3.27. The lowest BCUT2D eigenvalue weighted by molar-refractivity contribution is -0.144. The van der Waals surface area contributed by atoms with Crippen LogP contribution in [0.5, 0.6) is 0 Å². The molecule has 0 atom stereocenters. The summed E-state index contributed by atoms with van der Waals surface area (Å²) < 4.78 is 4.93. The van der Waals surface area contributed by atoms with Crippen LogP contribution in [0.3, 0.4) is 0 Å². The number of nitrogens with one attached hydrogen (secondary N) is 2. The van der Waals surface area contributed by atoms with Crippen LogP contribution < -0.4 is 10.9 Å². The van der Waals surface area contributed by atoms with Gasteiger partial charge in [0.1, 0.15) is 6.07 Å².